The predicted molar refractivity (Wildman–Crippen MR) is 92.1 cm³/mol. The van der Waals surface area contributed by atoms with Gasteiger partial charge in [-0.25, -0.2) is 14.6 Å². The number of anilines is 1. The minimum Gasteiger partial charge on any atom is -0.481 e. The molecular weight excluding hydrogens is 342 g/mol. The van der Waals surface area contributed by atoms with Crippen molar-refractivity contribution in [1.29, 1.82) is 0 Å². The zero-order chi connectivity index (χ0) is 19.3. The number of aryl methyl sites for hydroxylation is 2. The molecule has 1 aromatic rings. The van der Waals surface area contributed by atoms with Gasteiger partial charge in [0.15, 0.2) is 0 Å². The highest BCUT2D eigenvalue weighted by molar-refractivity contribution is 5.83. The molecule has 0 unspecified atom stereocenters. The molecule has 0 aromatic carbocycles. The van der Waals surface area contributed by atoms with E-state index in [4.69, 9.17) is 10.2 Å². The Morgan fingerprint density at radius 1 is 1.19 bits per heavy atom. The maximum Gasteiger partial charge on any atom is 0.326 e. The number of nitrogens with one attached hydrogen (secondary N) is 1. The molecule has 2 rings (SSSR count). The van der Waals surface area contributed by atoms with Crippen LogP contribution >= 0.6 is 0 Å². The van der Waals surface area contributed by atoms with Crippen molar-refractivity contribution in [2.75, 3.05) is 31.1 Å². The number of carbonyl (C=O) groups excluding carboxylic acids is 1. The van der Waals surface area contributed by atoms with Gasteiger partial charge in [-0.2, -0.15) is 0 Å². The fourth-order valence-corrected chi connectivity index (χ4v) is 2.71. The van der Waals surface area contributed by atoms with E-state index >= 15 is 0 Å². The number of aromatic nitrogens is 2. The van der Waals surface area contributed by atoms with E-state index in [1.54, 1.807) is 6.20 Å². The minimum atomic E-state index is -1.25. The summed E-state index contributed by atoms with van der Waals surface area (Å²) in [5.41, 5.74) is 1.63. The highest BCUT2D eigenvalue weighted by Gasteiger charge is 2.27. The van der Waals surface area contributed by atoms with E-state index in [-0.39, 0.29) is 12.8 Å². The Kier molecular flexibility index (Phi) is 6.31. The average Bonchev–Trinajstić information content (AvgIpc) is 2.60. The molecule has 10 heteroatoms. The van der Waals surface area contributed by atoms with Crippen LogP contribution < -0.4 is 10.2 Å². The number of rotatable bonds is 6. The van der Waals surface area contributed by atoms with E-state index in [0.29, 0.717) is 26.2 Å². The summed E-state index contributed by atoms with van der Waals surface area (Å²) in [6, 6.07) is -1.73. The second-order valence-electron chi connectivity index (χ2n) is 6.17. The molecule has 0 radical (unpaired) electrons. The summed E-state index contributed by atoms with van der Waals surface area (Å²) >= 11 is 0. The first-order chi connectivity index (χ1) is 12.3. The standard InChI is InChI=1S/C16H23N5O5/c1-10-9-17-11(2)14(18-10)20-5-7-21(8-6-20)16(26)19-12(15(24)25)3-4-13(22)23/h9,12H,3-8H2,1-2H3,(H,19,26)(H,22,23)(H,24,25)/t12-/m0/s1. The molecule has 1 aliphatic heterocycles. The molecule has 1 atom stereocenters. The van der Waals surface area contributed by atoms with Crippen LogP contribution in [-0.2, 0) is 9.59 Å². The first-order valence-electron chi connectivity index (χ1n) is 8.33. The number of amides is 2. The van der Waals surface area contributed by atoms with E-state index in [1.807, 2.05) is 18.7 Å². The second-order valence-corrected chi connectivity index (χ2v) is 6.17. The molecule has 1 fully saturated rings. The molecule has 1 saturated heterocycles. The van der Waals surface area contributed by atoms with Crippen molar-refractivity contribution < 1.29 is 24.6 Å². The fourth-order valence-electron chi connectivity index (χ4n) is 2.71. The number of carboxylic acids is 2. The number of hydrogen-bond acceptors (Lipinski definition) is 6. The molecule has 1 aliphatic rings. The highest BCUT2D eigenvalue weighted by Crippen LogP contribution is 2.17. The van der Waals surface area contributed by atoms with E-state index < -0.39 is 24.0 Å². The van der Waals surface area contributed by atoms with Crippen molar-refractivity contribution in [2.24, 2.45) is 0 Å². The molecule has 10 nitrogen and oxygen atoms in total. The quantitative estimate of drug-likeness (QED) is 0.652. The lowest BCUT2D eigenvalue weighted by molar-refractivity contribution is -0.140. The normalized spacial score (nSPS) is 15.5. The lowest BCUT2D eigenvalue weighted by Crippen LogP contribution is -2.55. The van der Waals surface area contributed by atoms with Crippen molar-refractivity contribution >= 4 is 23.8 Å². The van der Waals surface area contributed by atoms with Gasteiger partial charge in [-0.3, -0.25) is 9.78 Å². The zero-order valence-corrected chi connectivity index (χ0v) is 14.8. The smallest absolute Gasteiger partial charge is 0.326 e. The van der Waals surface area contributed by atoms with Crippen molar-refractivity contribution in [1.82, 2.24) is 20.2 Å². The van der Waals surface area contributed by atoms with Crippen LogP contribution in [0.15, 0.2) is 6.20 Å². The average molecular weight is 365 g/mol. The number of nitrogens with zero attached hydrogens (tertiary/aromatic N) is 4. The number of hydrogen-bond donors (Lipinski definition) is 3. The van der Waals surface area contributed by atoms with Crippen LogP contribution in [0.5, 0.6) is 0 Å². The second kappa shape index (κ2) is 8.45. The van der Waals surface area contributed by atoms with E-state index in [1.165, 1.54) is 4.90 Å². The van der Waals surface area contributed by atoms with E-state index in [0.717, 1.165) is 17.2 Å². The van der Waals surface area contributed by atoms with Gasteiger partial charge in [0.1, 0.15) is 11.9 Å². The van der Waals surface area contributed by atoms with Gasteiger partial charge >= 0.3 is 18.0 Å². The summed E-state index contributed by atoms with van der Waals surface area (Å²) in [4.78, 5) is 46.4. The van der Waals surface area contributed by atoms with Crippen LogP contribution in [0.2, 0.25) is 0 Å². The lowest BCUT2D eigenvalue weighted by Gasteiger charge is -2.36. The third kappa shape index (κ3) is 5.04. The van der Waals surface area contributed by atoms with Crippen molar-refractivity contribution in [3.63, 3.8) is 0 Å². The Bertz CT molecular complexity index is 688. The van der Waals surface area contributed by atoms with Gasteiger partial charge in [0.25, 0.3) is 0 Å². The van der Waals surface area contributed by atoms with Gasteiger partial charge in [0.05, 0.1) is 11.4 Å². The summed E-state index contributed by atoms with van der Waals surface area (Å²) in [5, 5.41) is 20.2. The number of aliphatic carboxylic acids is 2. The number of urea groups is 1. The third-order valence-electron chi connectivity index (χ3n) is 4.16. The number of carbonyl (C=O) groups is 3. The first kappa shape index (κ1) is 19.4. The Balaban J connectivity index is 1.91. The first-order valence-corrected chi connectivity index (χ1v) is 8.33. The molecular formula is C16H23N5O5. The SMILES string of the molecule is Cc1cnc(C)c(N2CCN(C(=O)N[C@@H](CCC(=O)O)C(=O)O)CC2)n1. The molecule has 1 aromatic heterocycles. The lowest BCUT2D eigenvalue weighted by atomic mass is 10.1. The van der Waals surface area contributed by atoms with Crippen LogP contribution in [0.3, 0.4) is 0 Å². The molecule has 0 saturated carbocycles. The van der Waals surface area contributed by atoms with Crippen molar-refractivity contribution in [3.05, 3.63) is 17.6 Å². The topological polar surface area (TPSA) is 136 Å². The van der Waals surface area contributed by atoms with Gasteiger partial charge < -0.3 is 25.3 Å². The van der Waals surface area contributed by atoms with Crippen molar-refractivity contribution in [2.45, 2.75) is 32.7 Å². The summed E-state index contributed by atoms with van der Waals surface area (Å²) in [6.07, 6.45) is 1.22. The summed E-state index contributed by atoms with van der Waals surface area (Å²) in [6.45, 7) is 5.67. The Morgan fingerprint density at radius 2 is 1.85 bits per heavy atom. The number of carboxylic acid groups (broad SMARTS) is 2. The summed E-state index contributed by atoms with van der Waals surface area (Å²) < 4.78 is 0. The van der Waals surface area contributed by atoms with Crippen LogP contribution in [0, 0.1) is 13.8 Å². The maximum absolute atomic E-state index is 12.3. The Morgan fingerprint density at radius 3 is 2.42 bits per heavy atom. The molecule has 2 heterocycles. The molecule has 26 heavy (non-hydrogen) atoms. The van der Waals surface area contributed by atoms with E-state index in [9.17, 15) is 14.4 Å². The third-order valence-corrected chi connectivity index (χ3v) is 4.16. The predicted octanol–water partition coefficient (Wildman–Crippen LogP) is 0.243. The Hall–Kier alpha value is -2.91. The van der Waals surface area contributed by atoms with Crippen molar-refractivity contribution in [3.8, 4) is 0 Å². The maximum atomic E-state index is 12.3. The zero-order valence-electron chi connectivity index (χ0n) is 14.8. The molecule has 0 aliphatic carbocycles. The highest BCUT2D eigenvalue weighted by atomic mass is 16.4. The van der Waals surface area contributed by atoms with Gasteiger partial charge in [0.2, 0.25) is 0 Å². The monoisotopic (exact) mass is 365 g/mol. The molecule has 0 bridgehead atoms. The molecule has 142 valence electrons. The Labute approximate surface area is 150 Å². The van der Waals surface area contributed by atoms with Crippen LogP contribution in [0.4, 0.5) is 10.6 Å². The van der Waals surface area contributed by atoms with Gasteiger partial charge in [-0.15, -0.1) is 0 Å². The molecule has 3 N–H and O–H groups in total. The largest absolute Gasteiger partial charge is 0.481 e. The number of piperazine rings is 1. The summed E-state index contributed by atoms with van der Waals surface area (Å²) in [7, 11) is 0. The van der Waals surface area contributed by atoms with Crippen LogP contribution in [0.1, 0.15) is 24.2 Å². The van der Waals surface area contributed by atoms with Gasteiger partial charge in [-0.1, -0.05) is 0 Å². The van der Waals surface area contributed by atoms with Gasteiger partial charge in [-0.05, 0) is 20.3 Å². The molecule has 0 spiro atoms. The van der Waals surface area contributed by atoms with Gasteiger partial charge in [0, 0.05) is 38.8 Å². The van der Waals surface area contributed by atoms with E-state index in [2.05, 4.69) is 15.3 Å². The summed E-state index contributed by atoms with van der Waals surface area (Å²) in [5.74, 6) is -1.56. The van der Waals surface area contributed by atoms with Crippen LogP contribution in [0.25, 0.3) is 0 Å². The fraction of sp³-hybridized carbons (Fsp3) is 0.562. The minimum absolute atomic E-state index is 0.158. The van der Waals surface area contributed by atoms with Crippen LogP contribution in [-0.4, -0.2) is 75.3 Å². The molecule has 2 amide bonds.